The van der Waals surface area contributed by atoms with Gasteiger partial charge in [0.15, 0.2) is 0 Å². The van der Waals surface area contributed by atoms with Crippen molar-refractivity contribution in [2.75, 3.05) is 0 Å². The van der Waals surface area contributed by atoms with E-state index in [9.17, 15) is 4.79 Å². The second-order valence-corrected chi connectivity index (χ2v) is 5.19. The maximum absolute atomic E-state index is 11.9. The van der Waals surface area contributed by atoms with E-state index < -0.39 is 0 Å². The van der Waals surface area contributed by atoms with Gasteiger partial charge >= 0.3 is 5.97 Å². The Bertz CT molecular complexity index is 391. The monoisotopic (exact) mass is 247 g/mol. The van der Waals surface area contributed by atoms with Crippen molar-refractivity contribution in [3.8, 4) is 0 Å². The highest BCUT2D eigenvalue weighted by molar-refractivity contribution is 5.72. The second kappa shape index (κ2) is 6.01. The lowest BCUT2D eigenvalue weighted by Gasteiger charge is -2.17. The molecule has 0 amide bonds. The van der Waals surface area contributed by atoms with Gasteiger partial charge < -0.3 is 4.84 Å². The van der Waals surface area contributed by atoms with Crippen LogP contribution in [-0.2, 0) is 9.63 Å². The van der Waals surface area contributed by atoms with Gasteiger partial charge in [-0.25, -0.2) is 0 Å². The molecule has 1 saturated carbocycles. The first-order chi connectivity index (χ1) is 8.68. The van der Waals surface area contributed by atoms with Gasteiger partial charge in [0.25, 0.3) is 0 Å². The van der Waals surface area contributed by atoms with Crippen molar-refractivity contribution in [2.24, 2.45) is 11.8 Å². The Kier molecular flexibility index (Phi) is 4.37. The second-order valence-electron chi connectivity index (χ2n) is 5.19. The quantitative estimate of drug-likeness (QED) is 0.830. The number of hydroxylamine groups is 1. The fraction of sp³-hybridized carbons (Fsp3) is 0.533. The van der Waals surface area contributed by atoms with Crippen LogP contribution in [0.3, 0.4) is 0 Å². The third-order valence-electron chi connectivity index (χ3n) is 3.80. The van der Waals surface area contributed by atoms with Gasteiger partial charge in [0.2, 0.25) is 0 Å². The third-order valence-corrected chi connectivity index (χ3v) is 3.80. The van der Waals surface area contributed by atoms with Crippen molar-refractivity contribution in [1.82, 2.24) is 5.48 Å². The molecule has 0 heterocycles. The van der Waals surface area contributed by atoms with Crippen molar-refractivity contribution in [1.29, 1.82) is 0 Å². The Balaban J connectivity index is 1.83. The van der Waals surface area contributed by atoms with E-state index in [0.29, 0.717) is 5.92 Å². The smallest absolute Gasteiger partial charge is 0.328 e. The van der Waals surface area contributed by atoms with E-state index in [1.165, 1.54) is 0 Å². The van der Waals surface area contributed by atoms with E-state index in [1.54, 1.807) is 0 Å². The molecule has 3 atom stereocenters. The molecule has 0 unspecified atom stereocenters. The standard InChI is InChI=1S/C15H21NO2/c1-11-7-6-10-14(11)15(17)18-16-12(2)13-8-4-3-5-9-13/h3-5,8-9,11-12,14,16H,6-7,10H2,1-2H3/t11-,12-,14-/m1/s1. The number of benzene rings is 1. The molecule has 18 heavy (non-hydrogen) atoms. The first-order valence-electron chi connectivity index (χ1n) is 6.69. The third kappa shape index (κ3) is 3.10. The molecule has 1 aliphatic carbocycles. The average molecular weight is 247 g/mol. The summed E-state index contributed by atoms with van der Waals surface area (Å²) < 4.78 is 0. The maximum atomic E-state index is 11.9. The SMILES string of the molecule is C[C@@H]1CCC[C@H]1C(=O)ON[C@H](C)c1ccccc1. The Morgan fingerprint density at radius 1 is 1.33 bits per heavy atom. The van der Waals surface area contributed by atoms with E-state index in [4.69, 9.17) is 4.84 Å². The molecule has 98 valence electrons. The van der Waals surface area contributed by atoms with Crippen molar-refractivity contribution < 1.29 is 9.63 Å². The van der Waals surface area contributed by atoms with Crippen LogP contribution in [0.1, 0.15) is 44.7 Å². The van der Waals surface area contributed by atoms with Gasteiger partial charge in [0.1, 0.15) is 0 Å². The predicted molar refractivity (Wildman–Crippen MR) is 70.6 cm³/mol. The van der Waals surface area contributed by atoms with Crippen LogP contribution in [0.25, 0.3) is 0 Å². The lowest BCUT2D eigenvalue weighted by Crippen LogP contribution is -2.28. The van der Waals surface area contributed by atoms with E-state index in [0.717, 1.165) is 24.8 Å². The summed E-state index contributed by atoms with van der Waals surface area (Å²) in [7, 11) is 0. The van der Waals surface area contributed by atoms with E-state index in [1.807, 2.05) is 37.3 Å². The summed E-state index contributed by atoms with van der Waals surface area (Å²) >= 11 is 0. The molecular weight excluding hydrogens is 226 g/mol. The number of hydrogen-bond acceptors (Lipinski definition) is 3. The summed E-state index contributed by atoms with van der Waals surface area (Å²) in [6.45, 7) is 4.11. The van der Waals surface area contributed by atoms with Crippen LogP contribution in [0.4, 0.5) is 0 Å². The Morgan fingerprint density at radius 3 is 2.67 bits per heavy atom. The number of hydrogen-bond donors (Lipinski definition) is 1. The molecule has 0 aliphatic heterocycles. The summed E-state index contributed by atoms with van der Waals surface area (Å²) in [5, 5.41) is 0. The molecule has 2 rings (SSSR count). The zero-order chi connectivity index (χ0) is 13.0. The Labute approximate surface area is 108 Å². The lowest BCUT2D eigenvalue weighted by atomic mass is 9.99. The van der Waals surface area contributed by atoms with Gasteiger partial charge in [0.05, 0.1) is 12.0 Å². The number of carbonyl (C=O) groups excluding carboxylic acids is 1. The maximum Gasteiger partial charge on any atom is 0.328 e. The van der Waals surface area contributed by atoms with Crippen LogP contribution < -0.4 is 5.48 Å². The predicted octanol–water partition coefficient (Wildman–Crippen LogP) is 3.23. The van der Waals surface area contributed by atoms with E-state index in [-0.39, 0.29) is 17.9 Å². The molecule has 1 aromatic rings. The highest BCUT2D eigenvalue weighted by Gasteiger charge is 2.31. The van der Waals surface area contributed by atoms with E-state index >= 15 is 0 Å². The van der Waals surface area contributed by atoms with Crippen LogP contribution in [0.5, 0.6) is 0 Å². The topological polar surface area (TPSA) is 38.3 Å². The van der Waals surface area contributed by atoms with Gasteiger partial charge in [-0.05, 0) is 31.2 Å². The number of rotatable bonds is 4. The van der Waals surface area contributed by atoms with Crippen molar-refractivity contribution >= 4 is 5.97 Å². The molecule has 1 aromatic carbocycles. The molecule has 3 nitrogen and oxygen atoms in total. The minimum atomic E-state index is -0.109. The Morgan fingerprint density at radius 2 is 2.06 bits per heavy atom. The molecule has 0 aromatic heterocycles. The van der Waals surface area contributed by atoms with Crippen molar-refractivity contribution in [2.45, 2.75) is 39.2 Å². The fourth-order valence-electron chi connectivity index (χ4n) is 2.53. The van der Waals surface area contributed by atoms with Crippen LogP contribution in [0.2, 0.25) is 0 Å². The van der Waals surface area contributed by atoms with Crippen LogP contribution in [0.15, 0.2) is 30.3 Å². The molecule has 0 saturated heterocycles. The van der Waals surface area contributed by atoms with Crippen LogP contribution >= 0.6 is 0 Å². The first kappa shape index (κ1) is 13.1. The minimum absolute atomic E-state index is 0.0202. The van der Waals surface area contributed by atoms with Crippen LogP contribution in [-0.4, -0.2) is 5.97 Å². The average Bonchev–Trinajstić information content (AvgIpc) is 2.83. The zero-order valence-corrected chi connectivity index (χ0v) is 11.1. The van der Waals surface area contributed by atoms with Gasteiger partial charge in [-0.3, -0.25) is 4.79 Å². The number of nitrogens with one attached hydrogen (secondary N) is 1. The summed E-state index contributed by atoms with van der Waals surface area (Å²) in [6.07, 6.45) is 3.23. The number of carbonyl (C=O) groups is 1. The van der Waals surface area contributed by atoms with Gasteiger partial charge in [-0.1, -0.05) is 43.7 Å². The molecule has 3 heteroatoms. The lowest BCUT2D eigenvalue weighted by molar-refractivity contribution is -0.159. The molecule has 0 spiro atoms. The fourth-order valence-corrected chi connectivity index (χ4v) is 2.53. The summed E-state index contributed by atoms with van der Waals surface area (Å²) in [5.74, 6) is 0.412. The molecule has 1 aliphatic rings. The van der Waals surface area contributed by atoms with Gasteiger partial charge in [0, 0.05) is 0 Å². The summed E-state index contributed by atoms with van der Waals surface area (Å²) in [6, 6.07) is 9.99. The molecule has 1 N–H and O–H groups in total. The molecular formula is C15H21NO2. The molecule has 0 radical (unpaired) electrons. The first-order valence-corrected chi connectivity index (χ1v) is 6.69. The van der Waals surface area contributed by atoms with Crippen molar-refractivity contribution in [3.63, 3.8) is 0 Å². The van der Waals surface area contributed by atoms with Crippen molar-refractivity contribution in [3.05, 3.63) is 35.9 Å². The van der Waals surface area contributed by atoms with Crippen LogP contribution in [0, 0.1) is 11.8 Å². The normalized spacial score (nSPS) is 24.8. The molecule has 1 fully saturated rings. The summed E-state index contributed by atoms with van der Waals surface area (Å²) in [5.41, 5.74) is 3.96. The highest BCUT2D eigenvalue weighted by Crippen LogP contribution is 2.31. The van der Waals surface area contributed by atoms with E-state index in [2.05, 4.69) is 12.4 Å². The largest absolute Gasteiger partial charge is 0.370 e. The zero-order valence-electron chi connectivity index (χ0n) is 11.1. The minimum Gasteiger partial charge on any atom is -0.370 e. The Hall–Kier alpha value is -1.35. The summed E-state index contributed by atoms with van der Waals surface area (Å²) in [4.78, 5) is 17.1. The highest BCUT2D eigenvalue weighted by atomic mass is 16.7. The van der Waals surface area contributed by atoms with Gasteiger partial charge in [-0.2, -0.15) is 0 Å². The molecule has 0 bridgehead atoms. The van der Waals surface area contributed by atoms with Gasteiger partial charge in [-0.15, -0.1) is 5.48 Å².